The summed E-state index contributed by atoms with van der Waals surface area (Å²) < 4.78 is 29.2. The molecule has 1 aliphatic rings. The van der Waals surface area contributed by atoms with Gasteiger partial charge >= 0.3 is 6.09 Å². The molecule has 2 rings (SSSR count). The number of anilines is 1. The van der Waals surface area contributed by atoms with Crippen LogP contribution >= 0.6 is 7.14 Å². The minimum atomic E-state index is -2.58. The van der Waals surface area contributed by atoms with Crippen molar-refractivity contribution >= 4 is 24.2 Å². The fraction of sp³-hybridized carbons (Fsp3) is 0.500. The molecule has 0 radical (unpaired) electrons. The van der Waals surface area contributed by atoms with E-state index in [-0.39, 0.29) is 6.61 Å². The molecule has 0 spiro atoms. The highest BCUT2D eigenvalue weighted by Gasteiger charge is 2.35. The Kier molecular flexibility index (Phi) is 5.39. The van der Waals surface area contributed by atoms with Crippen LogP contribution in [0.15, 0.2) is 12.1 Å². The molecular weight excluding hydrogens is 341 g/mol. The summed E-state index contributed by atoms with van der Waals surface area (Å²) in [6, 6.07) is 3.43. The van der Waals surface area contributed by atoms with Gasteiger partial charge in [0, 0.05) is 5.54 Å². The number of amides is 1. The van der Waals surface area contributed by atoms with Crippen molar-refractivity contribution in [3.8, 4) is 23.8 Å². The topological polar surface area (TPSA) is 65.1 Å². The SMILES string of the molecule is C#CCOC(=O)N(c1ccc(P(C)(C)=O)c2c1OCCO2)C(C)(C)C. The first kappa shape index (κ1) is 19.2. The molecule has 136 valence electrons. The van der Waals surface area contributed by atoms with E-state index in [0.29, 0.717) is 35.7 Å². The number of rotatable bonds is 3. The fourth-order valence-electron chi connectivity index (χ4n) is 2.61. The van der Waals surface area contributed by atoms with Crippen molar-refractivity contribution in [1.29, 1.82) is 0 Å². The maximum atomic E-state index is 12.6. The second-order valence-corrected chi connectivity index (χ2v) is 10.3. The van der Waals surface area contributed by atoms with Crippen LogP contribution in [0.4, 0.5) is 10.5 Å². The standard InChI is InChI=1S/C18H24NO5P/c1-7-10-24-17(20)19(18(2,3)4)13-8-9-14(25(5,6)21)16-15(13)22-11-12-23-16/h1,8-9H,10-12H2,2-6H3. The Labute approximate surface area is 148 Å². The van der Waals surface area contributed by atoms with Crippen LogP contribution in [-0.4, -0.2) is 44.8 Å². The Morgan fingerprint density at radius 1 is 1.28 bits per heavy atom. The molecule has 0 atom stereocenters. The summed E-state index contributed by atoms with van der Waals surface area (Å²) in [6.07, 6.45) is 4.60. The molecule has 1 aromatic carbocycles. The van der Waals surface area contributed by atoms with Crippen molar-refractivity contribution < 1.29 is 23.6 Å². The summed E-state index contributed by atoms with van der Waals surface area (Å²) >= 11 is 0. The lowest BCUT2D eigenvalue weighted by Gasteiger charge is -2.37. The van der Waals surface area contributed by atoms with E-state index >= 15 is 0 Å². The molecule has 0 N–H and O–H groups in total. The quantitative estimate of drug-likeness (QED) is 0.608. The van der Waals surface area contributed by atoms with Crippen molar-refractivity contribution in [3.63, 3.8) is 0 Å². The number of hydrogen-bond acceptors (Lipinski definition) is 5. The highest BCUT2D eigenvalue weighted by atomic mass is 31.2. The number of hydrogen-bond donors (Lipinski definition) is 0. The Morgan fingerprint density at radius 3 is 2.40 bits per heavy atom. The van der Waals surface area contributed by atoms with Crippen molar-refractivity contribution in [2.24, 2.45) is 0 Å². The highest BCUT2D eigenvalue weighted by Crippen LogP contribution is 2.48. The molecule has 0 aromatic heterocycles. The molecule has 1 heterocycles. The van der Waals surface area contributed by atoms with Gasteiger partial charge in [0.2, 0.25) is 0 Å². The van der Waals surface area contributed by atoms with Gasteiger partial charge < -0.3 is 18.8 Å². The minimum absolute atomic E-state index is 0.123. The predicted molar refractivity (Wildman–Crippen MR) is 98.9 cm³/mol. The average Bonchev–Trinajstić information content (AvgIpc) is 2.50. The first-order valence-corrected chi connectivity index (χ1v) is 10.6. The third kappa shape index (κ3) is 4.11. The second kappa shape index (κ2) is 7.01. The summed E-state index contributed by atoms with van der Waals surface area (Å²) in [5.74, 6) is 3.12. The largest absolute Gasteiger partial charge is 0.485 e. The van der Waals surface area contributed by atoms with E-state index in [9.17, 15) is 9.36 Å². The molecule has 0 unspecified atom stereocenters. The van der Waals surface area contributed by atoms with E-state index in [2.05, 4.69) is 5.92 Å². The molecule has 0 aliphatic carbocycles. The molecule has 1 aromatic rings. The summed E-state index contributed by atoms with van der Waals surface area (Å²) in [6.45, 7) is 9.54. The molecule has 1 aliphatic heterocycles. The lowest BCUT2D eigenvalue weighted by Crippen LogP contribution is -2.46. The molecule has 0 saturated heterocycles. The van der Waals surface area contributed by atoms with Crippen molar-refractivity contribution in [2.45, 2.75) is 26.3 Å². The predicted octanol–water partition coefficient (Wildman–Crippen LogP) is 3.08. The van der Waals surface area contributed by atoms with Crippen molar-refractivity contribution in [3.05, 3.63) is 12.1 Å². The number of ether oxygens (including phenoxy) is 3. The molecule has 6 nitrogen and oxygen atoms in total. The van der Waals surface area contributed by atoms with E-state index in [1.807, 2.05) is 20.8 Å². The molecule has 0 fully saturated rings. The highest BCUT2D eigenvalue weighted by molar-refractivity contribution is 7.70. The summed E-state index contributed by atoms with van der Waals surface area (Å²) in [5, 5.41) is 0.594. The maximum Gasteiger partial charge on any atom is 0.415 e. The minimum Gasteiger partial charge on any atom is -0.485 e. The number of nitrogens with zero attached hydrogens (tertiary/aromatic N) is 1. The van der Waals surface area contributed by atoms with E-state index in [1.54, 1.807) is 25.5 Å². The van der Waals surface area contributed by atoms with Gasteiger partial charge in [0.15, 0.2) is 18.1 Å². The molecule has 0 bridgehead atoms. The van der Waals surface area contributed by atoms with Gasteiger partial charge in [0.05, 0.1) is 11.0 Å². The van der Waals surface area contributed by atoms with Crippen LogP contribution < -0.4 is 19.7 Å². The Hall–Kier alpha value is -2.12. The number of carbonyl (C=O) groups is 1. The Morgan fingerprint density at radius 2 is 1.88 bits per heavy atom. The molecular formula is C18H24NO5P. The van der Waals surface area contributed by atoms with Crippen molar-refractivity contribution in [2.75, 3.05) is 38.1 Å². The number of carbonyl (C=O) groups excluding carboxylic acids is 1. The summed E-state index contributed by atoms with van der Waals surface area (Å²) in [4.78, 5) is 14.0. The van der Waals surface area contributed by atoms with Gasteiger partial charge in [-0.1, -0.05) is 5.92 Å². The average molecular weight is 365 g/mol. The van der Waals surface area contributed by atoms with Crippen LogP contribution in [0.1, 0.15) is 20.8 Å². The van der Waals surface area contributed by atoms with Crippen LogP contribution in [0.2, 0.25) is 0 Å². The zero-order chi connectivity index (χ0) is 18.8. The summed E-state index contributed by atoms with van der Waals surface area (Å²) in [7, 11) is -2.58. The van der Waals surface area contributed by atoms with Gasteiger partial charge in [-0.25, -0.2) is 4.79 Å². The lowest BCUT2D eigenvalue weighted by atomic mass is 10.0. The molecule has 0 saturated carbocycles. The smallest absolute Gasteiger partial charge is 0.415 e. The van der Waals surface area contributed by atoms with E-state index in [1.165, 1.54) is 4.90 Å². The van der Waals surface area contributed by atoms with Crippen LogP contribution in [0.3, 0.4) is 0 Å². The normalized spacial score (nSPS) is 13.8. The van der Waals surface area contributed by atoms with Gasteiger partial charge in [0.1, 0.15) is 20.4 Å². The second-order valence-electron chi connectivity index (χ2n) is 7.07. The van der Waals surface area contributed by atoms with Crippen LogP contribution in [0.5, 0.6) is 11.5 Å². The lowest BCUT2D eigenvalue weighted by molar-refractivity contribution is 0.158. The van der Waals surface area contributed by atoms with E-state index < -0.39 is 18.8 Å². The Bertz CT molecular complexity index is 754. The Balaban J connectivity index is 2.61. The molecule has 25 heavy (non-hydrogen) atoms. The van der Waals surface area contributed by atoms with Gasteiger partial charge in [-0.3, -0.25) is 4.90 Å². The first-order chi connectivity index (χ1) is 11.6. The van der Waals surface area contributed by atoms with Crippen LogP contribution in [0, 0.1) is 12.3 Å². The molecule has 1 amide bonds. The zero-order valence-corrected chi connectivity index (χ0v) is 16.2. The van der Waals surface area contributed by atoms with Gasteiger partial charge in [0.25, 0.3) is 0 Å². The van der Waals surface area contributed by atoms with Gasteiger partial charge in [-0.2, -0.15) is 0 Å². The fourth-order valence-corrected chi connectivity index (χ4v) is 3.70. The van der Waals surface area contributed by atoms with Gasteiger partial charge in [-0.05, 0) is 46.2 Å². The van der Waals surface area contributed by atoms with E-state index in [0.717, 1.165) is 0 Å². The number of terminal acetylenes is 1. The third-order valence-corrected chi connectivity index (χ3v) is 5.11. The van der Waals surface area contributed by atoms with Gasteiger partial charge in [-0.15, -0.1) is 6.42 Å². The van der Waals surface area contributed by atoms with Crippen LogP contribution in [-0.2, 0) is 9.30 Å². The number of benzene rings is 1. The van der Waals surface area contributed by atoms with Crippen LogP contribution in [0.25, 0.3) is 0 Å². The summed E-state index contributed by atoms with van der Waals surface area (Å²) in [5.41, 5.74) is -0.0920. The van der Waals surface area contributed by atoms with Crippen molar-refractivity contribution in [1.82, 2.24) is 0 Å². The zero-order valence-electron chi connectivity index (χ0n) is 15.3. The third-order valence-electron chi connectivity index (χ3n) is 3.60. The number of fused-ring (bicyclic) bond motifs is 1. The molecule has 7 heteroatoms. The monoisotopic (exact) mass is 365 g/mol. The first-order valence-electron chi connectivity index (χ1n) is 7.96. The maximum absolute atomic E-state index is 12.6. The van der Waals surface area contributed by atoms with E-state index in [4.69, 9.17) is 20.6 Å².